The van der Waals surface area contributed by atoms with Gasteiger partial charge in [-0.25, -0.2) is 0 Å². The van der Waals surface area contributed by atoms with Gasteiger partial charge in [0.2, 0.25) is 0 Å². The fourth-order valence-corrected chi connectivity index (χ4v) is 2.06. The van der Waals surface area contributed by atoms with Crippen LogP contribution >= 0.6 is 15.9 Å². The summed E-state index contributed by atoms with van der Waals surface area (Å²) in [7, 11) is 0. The van der Waals surface area contributed by atoms with Crippen molar-refractivity contribution in [2.45, 2.75) is 0 Å². The molecule has 0 spiro atoms. The molecule has 0 radical (unpaired) electrons. The van der Waals surface area contributed by atoms with Gasteiger partial charge in [0.05, 0.1) is 11.6 Å². The molecule has 0 bridgehead atoms. The number of primary amides is 1. The van der Waals surface area contributed by atoms with Crippen molar-refractivity contribution in [2.24, 2.45) is 5.73 Å². The van der Waals surface area contributed by atoms with Crippen LogP contribution in [0.4, 0.5) is 0 Å². The first-order chi connectivity index (χ1) is 10.6. The molecule has 5 heteroatoms. The van der Waals surface area contributed by atoms with E-state index in [4.69, 9.17) is 10.5 Å². The van der Waals surface area contributed by atoms with Crippen molar-refractivity contribution < 1.29 is 9.53 Å². The van der Waals surface area contributed by atoms with Crippen molar-refractivity contribution >= 4 is 33.5 Å². The largest absolute Gasteiger partial charge is 0.484 e. The third-order valence-corrected chi connectivity index (χ3v) is 3.38. The number of rotatable bonds is 5. The number of amides is 1. The Hall–Kier alpha value is -2.58. The molecule has 0 aliphatic carbocycles. The van der Waals surface area contributed by atoms with E-state index in [0.717, 1.165) is 15.6 Å². The second-order valence-corrected chi connectivity index (χ2v) is 5.42. The summed E-state index contributed by atoms with van der Waals surface area (Å²) in [5.41, 5.74) is 7.30. The highest BCUT2D eigenvalue weighted by molar-refractivity contribution is 9.10. The van der Waals surface area contributed by atoms with E-state index < -0.39 is 5.91 Å². The van der Waals surface area contributed by atoms with Crippen molar-refractivity contribution in [1.29, 1.82) is 5.26 Å². The van der Waals surface area contributed by atoms with Gasteiger partial charge in [-0.05, 0) is 41.5 Å². The van der Waals surface area contributed by atoms with E-state index in [1.165, 1.54) is 0 Å². The molecule has 4 nitrogen and oxygen atoms in total. The molecule has 110 valence electrons. The molecule has 0 aliphatic rings. The van der Waals surface area contributed by atoms with Crippen LogP contribution < -0.4 is 10.5 Å². The van der Waals surface area contributed by atoms with Crippen molar-refractivity contribution in [3.8, 4) is 11.8 Å². The first-order valence-electron chi connectivity index (χ1n) is 6.47. The van der Waals surface area contributed by atoms with Crippen molar-refractivity contribution in [2.75, 3.05) is 6.61 Å². The fourth-order valence-electron chi connectivity index (χ4n) is 1.79. The maximum absolute atomic E-state index is 10.7. The van der Waals surface area contributed by atoms with Crippen LogP contribution in [0.5, 0.6) is 5.75 Å². The number of nitrogens with two attached hydrogens (primary N) is 1. The van der Waals surface area contributed by atoms with Gasteiger partial charge >= 0.3 is 0 Å². The second-order valence-electron chi connectivity index (χ2n) is 4.50. The Balaban J connectivity index is 2.18. The molecule has 2 aromatic carbocycles. The molecule has 0 heterocycles. The predicted octanol–water partition coefficient (Wildman–Crippen LogP) is 3.38. The predicted molar refractivity (Wildman–Crippen MR) is 88.8 cm³/mol. The van der Waals surface area contributed by atoms with E-state index >= 15 is 0 Å². The van der Waals surface area contributed by atoms with Crippen LogP contribution in [0.1, 0.15) is 11.1 Å². The maximum atomic E-state index is 10.7. The number of carbonyl (C=O) groups is 1. The molecule has 0 aromatic heterocycles. The Morgan fingerprint density at radius 3 is 2.36 bits per heavy atom. The quantitative estimate of drug-likeness (QED) is 0.658. The van der Waals surface area contributed by atoms with Crippen LogP contribution in [0.25, 0.3) is 11.6 Å². The molecule has 22 heavy (non-hydrogen) atoms. The average molecular weight is 357 g/mol. The number of nitriles is 1. The molecular formula is C17H13BrN2O2. The number of carbonyl (C=O) groups excluding carboxylic acids is 1. The Morgan fingerprint density at radius 1 is 1.18 bits per heavy atom. The van der Waals surface area contributed by atoms with Gasteiger partial charge in [0.15, 0.2) is 6.61 Å². The smallest absolute Gasteiger partial charge is 0.255 e. The number of ether oxygens (including phenoxy) is 1. The van der Waals surface area contributed by atoms with E-state index in [2.05, 4.69) is 22.0 Å². The van der Waals surface area contributed by atoms with Gasteiger partial charge in [-0.3, -0.25) is 4.79 Å². The van der Waals surface area contributed by atoms with E-state index in [1.54, 1.807) is 18.2 Å². The normalized spacial score (nSPS) is 10.8. The summed E-state index contributed by atoms with van der Waals surface area (Å²) in [5, 5.41) is 9.30. The number of halogens is 1. The van der Waals surface area contributed by atoms with Crippen LogP contribution in [0.2, 0.25) is 0 Å². The highest BCUT2D eigenvalue weighted by Gasteiger charge is 2.02. The second kappa shape index (κ2) is 7.43. The third kappa shape index (κ3) is 4.47. The molecule has 2 aromatic rings. The van der Waals surface area contributed by atoms with Crippen LogP contribution in [0, 0.1) is 11.3 Å². The zero-order chi connectivity index (χ0) is 15.9. The summed E-state index contributed by atoms with van der Waals surface area (Å²) in [6.45, 7) is -0.155. The van der Waals surface area contributed by atoms with Gasteiger partial charge in [-0.1, -0.05) is 40.2 Å². The Bertz CT molecular complexity index is 729. The fraction of sp³-hybridized carbons (Fsp3) is 0.0588. The number of allylic oxidation sites excluding steroid dienone is 1. The van der Waals surface area contributed by atoms with Gasteiger partial charge in [0.1, 0.15) is 5.75 Å². The van der Waals surface area contributed by atoms with E-state index in [1.807, 2.05) is 36.4 Å². The van der Waals surface area contributed by atoms with Crippen LogP contribution in [0.15, 0.2) is 53.0 Å². The topological polar surface area (TPSA) is 76.1 Å². The van der Waals surface area contributed by atoms with E-state index in [0.29, 0.717) is 11.3 Å². The first-order valence-corrected chi connectivity index (χ1v) is 7.26. The Morgan fingerprint density at radius 2 is 1.82 bits per heavy atom. The van der Waals surface area contributed by atoms with Gasteiger partial charge in [0.25, 0.3) is 5.91 Å². The zero-order valence-electron chi connectivity index (χ0n) is 11.6. The minimum absolute atomic E-state index is 0.155. The molecule has 2 N–H and O–H groups in total. The summed E-state index contributed by atoms with van der Waals surface area (Å²) in [6, 6.07) is 16.8. The lowest BCUT2D eigenvalue weighted by Gasteiger charge is -2.04. The molecule has 0 fully saturated rings. The molecule has 0 aliphatic heterocycles. The number of hydrogen-bond acceptors (Lipinski definition) is 3. The van der Waals surface area contributed by atoms with Gasteiger partial charge < -0.3 is 10.5 Å². The molecule has 1 amide bonds. The molecule has 0 atom stereocenters. The minimum Gasteiger partial charge on any atom is -0.484 e. The highest BCUT2D eigenvalue weighted by atomic mass is 79.9. The lowest BCUT2D eigenvalue weighted by molar-refractivity contribution is -0.119. The average Bonchev–Trinajstić information content (AvgIpc) is 2.52. The highest BCUT2D eigenvalue weighted by Crippen LogP contribution is 2.21. The molecule has 0 unspecified atom stereocenters. The molecule has 0 saturated heterocycles. The monoisotopic (exact) mass is 356 g/mol. The van der Waals surface area contributed by atoms with Crippen LogP contribution in [-0.4, -0.2) is 12.5 Å². The summed E-state index contributed by atoms with van der Waals surface area (Å²) in [5.74, 6) is 0.0316. The van der Waals surface area contributed by atoms with Crippen LogP contribution in [-0.2, 0) is 4.79 Å². The van der Waals surface area contributed by atoms with Gasteiger partial charge in [-0.2, -0.15) is 5.26 Å². The number of benzene rings is 2. The maximum Gasteiger partial charge on any atom is 0.255 e. The minimum atomic E-state index is -0.522. The molecule has 2 rings (SSSR count). The van der Waals surface area contributed by atoms with Crippen molar-refractivity contribution in [3.63, 3.8) is 0 Å². The summed E-state index contributed by atoms with van der Waals surface area (Å²) < 4.78 is 6.15. The SMILES string of the molecule is N#C/C(=C/c1ccc(OCC(N)=O)cc1)c1ccc(Br)cc1. The molecular weight excluding hydrogens is 344 g/mol. The number of nitrogens with zero attached hydrogens (tertiary/aromatic N) is 1. The Kier molecular flexibility index (Phi) is 5.34. The summed E-state index contributed by atoms with van der Waals surface area (Å²) >= 11 is 3.37. The van der Waals surface area contributed by atoms with Gasteiger partial charge in [0, 0.05) is 4.47 Å². The van der Waals surface area contributed by atoms with Crippen LogP contribution in [0.3, 0.4) is 0 Å². The van der Waals surface area contributed by atoms with E-state index in [-0.39, 0.29) is 6.61 Å². The third-order valence-electron chi connectivity index (χ3n) is 2.85. The Labute approximate surface area is 136 Å². The first kappa shape index (κ1) is 15.8. The van der Waals surface area contributed by atoms with Crippen molar-refractivity contribution in [1.82, 2.24) is 0 Å². The lowest BCUT2D eigenvalue weighted by Crippen LogP contribution is -2.19. The van der Waals surface area contributed by atoms with Crippen molar-refractivity contribution in [3.05, 3.63) is 64.1 Å². The number of hydrogen-bond donors (Lipinski definition) is 1. The lowest BCUT2D eigenvalue weighted by atomic mass is 10.0. The summed E-state index contributed by atoms with van der Waals surface area (Å²) in [4.78, 5) is 10.7. The van der Waals surface area contributed by atoms with Gasteiger partial charge in [-0.15, -0.1) is 0 Å². The van der Waals surface area contributed by atoms with E-state index in [9.17, 15) is 10.1 Å². The standard InChI is InChI=1S/C17H13BrN2O2/c18-15-5-3-13(4-6-15)14(10-19)9-12-1-7-16(8-2-12)22-11-17(20)21/h1-9H,11H2,(H2,20,21)/b14-9-. The molecule has 0 saturated carbocycles. The zero-order valence-corrected chi connectivity index (χ0v) is 13.2. The summed E-state index contributed by atoms with van der Waals surface area (Å²) in [6.07, 6.45) is 1.79.